The lowest BCUT2D eigenvalue weighted by atomic mass is 9.99. The minimum Gasteiger partial charge on any atom is -0.330 e. The summed E-state index contributed by atoms with van der Waals surface area (Å²) >= 11 is 5.78. The van der Waals surface area contributed by atoms with Gasteiger partial charge in [-0.2, -0.15) is 0 Å². The molecular formula is C13H19ClN2O. The van der Waals surface area contributed by atoms with E-state index < -0.39 is 0 Å². The zero-order valence-electron chi connectivity index (χ0n) is 10.1. The minimum absolute atomic E-state index is 0.000628. The number of nitrogens with one attached hydrogen (secondary N) is 1. The summed E-state index contributed by atoms with van der Waals surface area (Å²) < 4.78 is 0. The highest BCUT2D eigenvalue weighted by Gasteiger charge is 2.16. The van der Waals surface area contributed by atoms with Crippen molar-refractivity contribution >= 4 is 23.2 Å². The number of amides is 1. The molecule has 0 aliphatic heterocycles. The summed E-state index contributed by atoms with van der Waals surface area (Å²) in [5.74, 6) is 0.0419. The molecule has 17 heavy (non-hydrogen) atoms. The first kappa shape index (κ1) is 14.0. The van der Waals surface area contributed by atoms with Crippen LogP contribution in [0, 0.1) is 5.92 Å². The third kappa shape index (κ3) is 4.75. The molecule has 0 saturated carbocycles. The number of benzene rings is 1. The van der Waals surface area contributed by atoms with E-state index in [1.54, 1.807) is 24.3 Å². The van der Waals surface area contributed by atoms with Crippen LogP contribution >= 0.6 is 11.6 Å². The molecule has 0 spiro atoms. The lowest BCUT2D eigenvalue weighted by Crippen LogP contribution is -2.25. The topological polar surface area (TPSA) is 55.1 Å². The maximum atomic E-state index is 12.0. The molecular weight excluding hydrogens is 236 g/mol. The van der Waals surface area contributed by atoms with E-state index in [0.717, 1.165) is 24.9 Å². The van der Waals surface area contributed by atoms with E-state index in [0.29, 0.717) is 11.6 Å². The zero-order valence-corrected chi connectivity index (χ0v) is 10.8. The fraction of sp³-hybridized carbons (Fsp3) is 0.462. The van der Waals surface area contributed by atoms with Crippen LogP contribution in [0.25, 0.3) is 0 Å². The fourth-order valence-electron chi connectivity index (χ4n) is 1.73. The smallest absolute Gasteiger partial charge is 0.227 e. The van der Waals surface area contributed by atoms with Gasteiger partial charge in [-0.15, -0.1) is 0 Å². The zero-order chi connectivity index (χ0) is 12.7. The van der Waals surface area contributed by atoms with Crippen LogP contribution in [0.1, 0.15) is 26.2 Å². The van der Waals surface area contributed by atoms with Gasteiger partial charge in [0.1, 0.15) is 0 Å². The SMILES string of the molecule is CCCC(CCN)C(=O)Nc1ccc(Cl)cc1. The van der Waals surface area contributed by atoms with Gasteiger partial charge in [0.15, 0.2) is 0 Å². The first-order chi connectivity index (χ1) is 8.17. The molecule has 1 unspecified atom stereocenters. The number of hydrogen-bond donors (Lipinski definition) is 2. The number of anilines is 1. The van der Waals surface area contributed by atoms with E-state index in [4.69, 9.17) is 17.3 Å². The van der Waals surface area contributed by atoms with E-state index in [1.165, 1.54) is 0 Å². The first-order valence-electron chi connectivity index (χ1n) is 5.94. The molecule has 0 saturated heterocycles. The largest absolute Gasteiger partial charge is 0.330 e. The van der Waals surface area contributed by atoms with Crippen molar-refractivity contribution in [1.82, 2.24) is 0 Å². The predicted molar refractivity (Wildman–Crippen MR) is 72.2 cm³/mol. The maximum Gasteiger partial charge on any atom is 0.227 e. The Kier molecular flexibility index (Phi) is 6.01. The molecule has 3 N–H and O–H groups in total. The van der Waals surface area contributed by atoms with Gasteiger partial charge >= 0.3 is 0 Å². The van der Waals surface area contributed by atoms with Crippen molar-refractivity contribution in [3.05, 3.63) is 29.3 Å². The van der Waals surface area contributed by atoms with Crippen LogP contribution in [0.2, 0.25) is 5.02 Å². The Hall–Kier alpha value is -1.06. The molecule has 1 atom stereocenters. The van der Waals surface area contributed by atoms with Crippen LogP contribution in [-0.2, 0) is 4.79 Å². The van der Waals surface area contributed by atoms with Crippen LogP contribution in [0.5, 0.6) is 0 Å². The summed E-state index contributed by atoms with van der Waals surface area (Å²) in [5.41, 5.74) is 6.29. The molecule has 0 aliphatic rings. The van der Waals surface area contributed by atoms with Gasteiger partial charge in [-0.3, -0.25) is 4.79 Å². The van der Waals surface area contributed by atoms with Crippen molar-refractivity contribution in [3.63, 3.8) is 0 Å². The number of halogens is 1. The van der Waals surface area contributed by atoms with Gasteiger partial charge in [0.2, 0.25) is 5.91 Å². The molecule has 94 valence electrons. The number of carbonyl (C=O) groups excluding carboxylic acids is 1. The third-order valence-corrected chi connectivity index (χ3v) is 2.89. The van der Waals surface area contributed by atoms with Gasteiger partial charge < -0.3 is 11.1 Å². The van der Waals surface area contributed by atoms with Crippen LogP contribution in [0.3, 0.4) is 0 Å². The molecule has 1 amide bonds. The Labute approximate surface area is 107 Å². The highest BCUT2D eigenvalue weighted by atomic mass is 35.5. The quantitative estimate of drug-likeness (QED) is 0.820. The second kappa shape index (κ2) is 7.30. The van der Waals surface area contributed by atoms with Gasteiger partial charge in [0.05, 0.1) is 0 Å². The van der Waals surface area contributed by atoms with Crippen LogP contribution in [-0.4, -0.2) is 12.5 Å². The van der Waals surface area contributed by atoms with Gasteiger partial charge in [-0.25, -0.2) is 0 Å². The highest BCUT2D eigenvalue weighted by molar-refractivity contribution is 6.30. The number of carbonyl (C=O) groups is 1. The molecule has 0 radical (unpaired) electrons. The van der Waals surface area contributed by atoms with E-state index in [9.17, 15) is 4.79 Å². The lowest BCUT2D eigenvalue weighted by Gasteiger charge is -2.15. The fourth-order valence-corrected chi connectivity index (χ4v) is 1.86. The maximum absolute atomic E-state index is 12.0. The molecule has 0 bridgehead atoms. The summed E-state index contributed by atoms with van der Waals surface area (Å²) in [5, 5.41) is 3.55. The molecule has 0 heterocycles. The highest BCUT2D eigenvalue weighted by Crippen LogP contribution is 2.17. The van der Waals surface area contributed by atoms with E-state index in [1.807, 2.05) is 0 Å². The average molecular weight is 255 g/mol. The van der Waals surface area contributed by atoms with Crippen molar-refractivity contribution in [2.24, 2.45) is 11.7 Å². The van der Waals surface area contributed by atoms with Gasteiger partial charge in [0.25, 0.3) is 0 Å². The second-order valence-corrected chi connectivity index (χ2v) is 4.50. The summed E-state index contributed by atoms with van der Waals surface area (Å²) in [4.78, 5) is 12.0. The molecule has 1 aromatic rings. The summed E-state index contributed by atoms with van der Waals surface area (Å²) in [6.45, 7) is 2.61. The molecule has 1 rings (SSSR count). The average Bonchev–Trinajstić information content (AvgIpc) is 2.32. The molecule has 0 aliphatic carbocycles. The number of nitrogens with two attached hydrogens (primary N) is 1. The Morgan fingerprint density at radius 2 is 2.00 bits per heavy atom. The van der Waals surface area contributed by atoms with Crippen molar-refractivity contribution in [2.75, 3.05) is 11.9 Å². The predicted octanol–water partition coefficient (Wildman–Crippen LogP) is 3.04. The lowest BCUT2D eigenvalue weighted by molar-refractivity contribution is -0.120. The van der Waals surface area contributed by atoms with Crippen LogP contribution < -0.4 is 11.1 Å². The third-order valence-electron chi connectivity index (χ3n) is 2.63. The Morgan fingerprint density at radius 3 is 2.53 bits per heavy atom. The monoisotopic (exact) mass is 254 g/mol. The van der Waals surface area contributed by atoms with E-state index >= 15 is 0 Å². The molecule has 0 aromatic heterocycles. The summed E-state index contributed by atoms with van der Waals surface area (Å²) in [7, 11) is 0. The van der Waals surface area contributed by atoms with E-state index in [2.05, 4.69) is 12.2 Å². The number of rotatable bonds is 6. The molecule has 1 aromatic carbocycles. The van der Waals surface area contributed by atoms with Gasteiger partial charge in [-0.05, 0) is 43.7 Å². The van der Waals surface area contributed by atoms with Crippen molar-refractivity contribution in [2.45, 2.75) is 26.2 Å². The Morgan fingerprint density at radius 1 is 1.35 bits per heavy atom. The van der Waals surface area contributed by atoms with Crippen LogP contribution in [0.15, 0.2) is 24.3 Å². The summed E-state index contributed by atoms with van der Waals surface area (Å²) in [6, 6.07) is 7.11. The van der Waals surface area contributed by atoms with Crippen molar-refractivity contribution < 1.29 is 4.79 Å². The van der Waals surface area contributed by atoms with Crippen molar-refractivity contribution in [3.8, 4) is 0 Å². The first-order valence-corrected chi connectivity index (χ1v) is 6.31. The normalized spacial score (nSPS) is 12.2. The van der Waals surface area contributed by atoms with Crippen LogP contribution in [0.4, 0.5) is 5.69 Å². The molecule has 4 heteroatoms. The van der Waals surface area contributed by atoms with Gasteiger partial charge in [-0.1, -0.05) is 24.9 Å². The van der Waals surface area contributed by atoms with Crippen molar-refractivity contribution in [1.29, 1.82) is 0 Å². The Bertz CT molecular complexity index is 345. The second-order valence-electron chi connectivity index (χ2n) is 4.06. The standard InChI is InChI=1S/C13H19ClN2O/c1-2-3-10(8-9-15)13(17)16-12-6-4-11(14)5-7-12/h4-7,10H,2-3,8-9,15H2,1H3,(H,16,17). The van der Waals surface area contributed by atoms with E-state index in [-0.39, 0.29) is 11.8 Å². The Balaban J connectivity index is 2.59. The van der Waals surface area contributed by atoms with Gasteiger partial charge in [0, 0.05) is 16.6 Å². The molecule has 3 nitrogen and oxygen atoms in total. The minimum atomic E-state index is 0.000628. The number of hydrogen-bond acceptors (Lipinski definition) is 2. The summed E-state index contributed by atoms with van der Waals surface area (Å²) in [6.07, 6.45) is 2.59. The molecule has 0 fully saturated rings.